The fourth-order valence-electron chi connectivity index (χ4n) is 2.24. The number of nitrogens with zero attached hydrogens (tertiary/aromatic N) is 1. The van der Waals surface area contributed by atoms with Crippen molar-refractivity contribution in [2.24, 2.45) is 0 Å². The maximum absolute atomic E-state index is 13.5. The van der Waals surface area contributed by atoms with Gasteiger partial charge in [0.25, 0.3) is 0 Å². The lowest BCUT2D eigenvalue weighted by atomic mass is 10.1. The highest BCUT2D eigenvalue weighted by molar-refractivity contribution is 5.85. The van der Waals surface area contributed by atoms with E-state index in [-0.39, 0.29) is 18.2 Å². The van der Waals surface area contributed by atoms with Crippen LogP contribution in [0, 0.1) is 5.82 Å². The lowest BCUT2D eigenvalue weighted by Crippen LogP contribution is -2.32. The van der Waals surface area contributed by atoms with Crippen LogP contribution in [0.25, 0.3) is 0 Å². The van der Waals surface area contributed by atoms with E-state index in [1.807, 2.05) is 6.07 Å². The molecule has 18 heavy (non-hydrogen) atoms. The van der Waals surface area contributed by atoms with Gasteiger partial charge in [0.2, 0.25) is 0 Å². The van der Waals surface area contributed by atoms with Crippen molar-refractivity contribution in [3.05, 3.63) is 29.6 Å². The minimum Gasteiger partial charge on any atom is -0.494 e. The first-order valence-electron chi connectivity index (χ1n) is 5.94. The van der Waals surface area contributed by atoms with Crippen molar-refractivity contribution in [1.82, 2.24) is 10.2 Å². The molecule has 3 nitrogen and oxygen atoms in total. The van der Waals surface area contributed by atoms with Gasteiger partial charge in [-0.2, -0.15) is 0 Å². The standard InChI is InChI=1S/C13H19FN2O.ClH/c1-16(11-5-6-15-8-11)9-10-3-4-13(17-2)12(14)7-10;/h3-4,7,11,15H,5-6,8-9H2,1-2H3;1H. The van der Waals surface area contributed by atoms with Gasteiger partial charge in [-0.3, -0.25) is 4.90 Å². The molecule has 1 saturated heterocycles. The van der Waals surface area contributed by atoms with Crippen LogP contribution in [0.2, 0.25) is 0 Å². The van der Waals surface area contributed by atoms with Gasteiger partial charge in [0.1, 0.15) is 0 Å². The number of hydrogen-bond acceptors (Lipinski definition) is 3. The molecular formula is C13H20ClFN2O. The van der Waals surface area contributed by atoms with Crippen LogP contribution in [0.4, 0.5) is 4.39 Å². The molecule has 102 valence electrons. The van der Waals surface area contributed by atoms with Crippen molar-refractivity contribution in [1.29, 1.82) is 0 Å². The first-order chi connectivity index (χ1) is 8.20. The van der Waals surface area contributed by atoms with Crippen molar-refractivity contribution in [2.75, 3.05) is 27.2 Å². The number of rotatable bonds is 4. The number of methoxy groups -OCH3 is 1. The number of nitrogens with one attached hydrogen (secondary N) is 1. The van der Waals surface area contributed by atoms with Crippen LogP contribution in [0.3, 0.4) is 0 Å². The van der Waals surface area contributed by atoms with Crippen LogP contribution in [0.5, 0.6) is 5.75 Å². The minimum absolute atomic E-state index is 0. The second-order valence-corrected chi connectivity index (χ2v) is 4.53. The topological polar surface area (TPSA) is 24.5 Å². The van der Waals surface area contributed by atoms with E-state index < -0.39 is 0 Å². The van der Waals surface area contributed by atoms with Crippen LogP contribution in [-0.4, -0.2) is 38.2 Å². The van der Waals surface area contributed by atoms with E-state index in [1.54, 1.807) is 12.1 Å². The van der Waals surface area contributed by atoms with Crippen molar-refractivity contribution in [3.63, 3.8) is 0 Å². The molecule has 1 aliphatic rings. The molecular weight excluding hydrogens is 255 g/mol. The molecule has 0 amide bonds. The van der Waals surface area contributed by atoms with Crippen LogP contribution >= 0.6 is 12.4 Å². The molecule has 0 radical (unpaired) electrons. The van der Waals surface area contributed by atoms with Gasteiger partial charge >= 0.3 is 0 Å². The predicted octanol–water partition coefficient (Wildman–Crippen LogP) is 2.05. The van der Waals surface area contributed by atoms with E-state index in [9.17, 15) is 4.39 Å². The van der Waals surface area contributed by atoms with Gasteiger partial charge in [0.15, 0.2) is 11.6 Å². The Morgan fingerprint density at radius 2 is 2.28 bits per heavy atom. The minimum atomic E-state index is -0.289. The molecule has 0 saturated carbocycles. The van der Waals surface area contributed by atoms with E-state index in [1.165, 1.54) is 7.11 Å². The van der Waals surface area contributed by atoms with Crippen LogP contribution in [0.1, 0.15) is 12.0 Å². The molecule has 1 atom stereocenters. The number of benzene rings is 1. The average molecular weight is 275 g/mol. The Hall–Kier alpha value is -0.840. The first kappa shape index (κ1) is 15.2. The largest absolute Gasteiger partial charge is 0.494 e. The molecule has 0 aliphatic carbocycles. The Labute approximate surface area is 114 Å². The van der Waals surface area contributed by atoms with Crippen LogP contribution in [-0.2, 0) is 6.54 Å². The molecule has 0 bridgehead atoms. The maximum atomic E-state index is 13.5. The molecule has 1 N–H and O–H groups in total. The normalized spacial score (nSPS) is 18.8. The van der Waals surface area contributed by atoms with E-state index in [2.05, 4.69) is 17.3 Å². The van der Waals surface area contributed by atoms with E-state index in [4.69, 9.17) is 4.74 Å². The van der Waals surface area contributed by atoms with Gasteiger partial charge < -0.3 is 10.1 Å². The summed E-state index contributed by atoms with van der Waals surface area (Å²) in [4.78, 5) is 2.27. The Balaban J connectivity index is 0.00000162. The molecule has 1 fully saturated rings. The van der Waals surface area contributed by atoms with E-state index >= 15 is 0 Å². The zero-order valence-corrected chi connectivity index (χ0v) is 11.6. The van der Waals surface area contributed by atoms with Gasteiger partial charge in [-0.25, -0.2) is 4.39 Å². The van der Waals surface area contributed by atoms with Crippen molar-refractivity contribution in [2.45, 2.75) is 19.0 Å². The fraction of sp³-hybridized carbons (Fsp3) is 0.538. The zero-order valence-electron chi connectivity index (χ0n) is 10.8. The highest BCUT2D eigenvalue weighted by Crippen LogP contribution is 2.19. The van der Waals surface area contributed by atoms with E-state index in [0.717, 1.165) is 31.6 Å². The smallest absolute Gasteiger partial charge is 0.165 e. The summed E-state index contributed by atoms with van der Waals surface area (Å²) in [5.41, 5.74) is 0.984. The molecule has 1 heterocycles. The number of hydrogen-bond donors (Lipinski definition) is 1. The lowest BCUT2D eigenvalue weighted by molar-refractivity contribution is 0.248. The third-order valence-electron chi connectivity index (χ3n) is 3.31. The van der Waals surface area contributed by atoms with Gasteiger partial charge in [0, 0.05) is 19.1 Å². The molecule has 1 aromatic rings. The summed E-state index contributed by atoms with van der Waals surface area (Å²) in [6, 6.07) is 5.71. The number of ether oxygens (including phenoxy) is 1. The summed E-state index contributed by atoms with van der Waals surface area (Å²) < 4.78 is 18.4. The monoisotopic (exact) mass is 274 g/mol. The molecule has 0 spiro atoms. The first-order valence-corrected chi connectivity index (χ1v) is 5.94. The molecule has 1 aliphatic heterocycles. The number of halogens is 2. The Kier molecular flexibility index (Phi) is 5.85. The van der Waals surface area contributed by atoms with Crippen LogP contribution in [0.15, 0.2) is 18.2 Å². The summed E-state index contributed by atoms with van der Waals surface area (Å²) in [5.74, 6) is 0.0156. The molecule has 2 rings (SSSR count). The predicted molar refractivity (Wildman–Crippen MR) is 72.9 cm³/mol. The summed E-state index contributed by atoms with van der Waals surface area (Å²) in [7, 11) is 3.56. The van der Waals surface area contributed by atoms with Gasteiger partial charge in [-0.15, -0.1) is 12.4 Å². The third kappa shape index (κ3) is 3.57. The highest BCUT2D eigenvalue weighted by Gasteiger charge is 2.19. The lowest BCUT2D eigenvalue weighted by Gasteiger charge is -2.23. The van der Waals surface area contributed by atoms with Crippen molar-refractivity contribution >= 4 is 12.4 Å². The Morgan fingerprint density at radius 3 is 2.83 bits per heavy atom. The summed E-state index contributed by atoms with van der Waals surface area (Å²) >= 11 is 0. The van der Waals surface area contributed by atoms with Crippen molar-refractivity contribution < 1.29 is 9.13 Å². The van der Waals surface area contributed by atoms with Gasteiger partial charge in [-0.05, 0) is 37.7 Å². The van der Waals surface area contributed by atoms with E-state index in [0.29, 0.717) is 11.8 Å². The summed E-state index contributed by atoms with van der Waals surface area (Å²) in [5, 5.41) is 3.33. The molecule has 5 heteroatoms. The average Bonchev–Trinajstić information content (AvgIpc) is 2.82. The van der Waals surface area contributed by atoms with Crippen molar-refractivity contribution in [3.8, 4) is 5.75 Å². The second kappa shape index (κ2) is 6.92. The summed E-state index contributed by atoms with van der Waals surface area (Å²) in [6.07, 6.45) is 1.16. The molecule has 0 aromatic heterocycles. The van der Waals surface area contributed by atoms with Gasteiger partial charge in [-0.1, -0.05) is 6.07 Å². The maximum Gasteiger partial charge on any atom is 0.165 e. The second-order valence-electron chi connectivity index (χ2n) is 4.53. The number of likely N-dealkylation sites (N-methyl/N-ethyl adjacent to an activating group) is 1. The molecule has 1 aromatic carbocycles. The summed E-state index contributed by atoms with van der Waals surface area (Å²) in [6.45, 7) is 2.87. The quantitative estimate of drug-likeness (QED) is 0.910. The molecule has 1 unspecified atom stereocenters. The third-order valence-corrected chi connectivity index (χ3v) is 3.31. The Morgan fingerprint density at radius 1 is 1.50 bits per heavy atom. The zero-order chi connectivity index (χ0) is 12.3. The van der Waals surface area contributed by atoms with Crippen LogP contribution < -0.4 is 10.1 Å². The highest BCUT2D eigenvalue weighted by atomic mass is 35.5. The van der Waals surface area contributed by atoms with Gasteiger partial charge in [0.05, 0.1) is 7.11 Å². The SMILES string of the molecule is COc1ccc(CN(C)C2CCNC2)cc1F.Cl. The fourth-order valence-corrected chi connectivity index (χ4v) is 2.24. The Bertz CT molecular complexity index is 383.